The minimum Gasteiger partial charge on any atom is -0.493 e. The van der Waals surface area contributed by atoms with E-state index in [0.717, 1.165) is 32.1 Å². The second-order valence-corrected chi connectivity index (χ2v) is 10.8. The first-order chi connectivity index (χ1) is 18.4. The molecule has 0 saturated heterocycles. The minimum absolute atomic E-state index is 0.00259. The molecular formula is C28H39ClN4O5. The van der Waals surface area contributed by atoms with Crippen molar-refractivity contribution < 1.29 is 19.4 Å². The number of aliphatic hydroxyl groups is 1. The number of aliphatic hydroxyl groups excluding tert-OH is 1. The standard InChI is InChI=1S/C28H39ClN4O5/c1-2-9-23(19-10-5-3-6-11-19)32(13-14-34)25(36)12-7-4-8-15-38-20-16-21(29)26-22(17-20)30-28-31-24(35)18-33(28)27(26)37/h16-17,19,23,34H,2-15,18H2,1H3,(H,30,31,35). The van der Waals surface area contributed by atoms with Crippen LogP contribution in [0.3, 0.4) is 0 Å². The van der Waals surface area contributed by atoms with Crippen molar-refractivity contribution in [3.63, 3.8) is 0 Å². The number of nitrogens with one attached hydrogen (secondary N) is 1. The number of fused-ring (bicyclic) bond motifs is 2. The highest BCUT2D eigenvalue weighted by atomic mass is 35.5. The summed E-state index contributed by atoms with van der Waals surface area (Å²) in [6, 6.07) is 3.49. The largest absolute Gasteiger partial charge is 0.493 e. The van der Waals surface area contributed by atoms with Crippen LogP contribution in [0, 0.1) is 5.92 Å². The van der Waals surface area contributed by atoms with Gasteiger partial charge in [-0.05, 0) is 50.5 Å². The number of halogens is 1. The zero-order valence-corrected chi connectivity index (χ0v) is 23.0. The molecule has 2 aromatic rings. The Labute approximate surface area is 228 Å². The molecule has 1 fully saturated rings. The number of ether oxygens (including phenoxy) is 1. The molecule has 1 unspecified atom stereocenters. The third-order valence-corrected chi connectivity index (χ3v) is 7.98. The average molecular weight is 547 g/mol. The van der Waals surface area contributed by atoms with E-state index in [1.54, 1.807) is 12.1 Å². The Hall–Kier alpha value is -2.65. The Kier molecular flexibility index (Phi) is 10.0. The van der Waals surface area contributed by atoms with Crippen LogP contribution in [0.25, 0.3) is 10.9 Å². The third kappa shape index (κ3) is 6.67. The van der Waals surface area contributed by atoms with Gasteiger partial charge in [-0.1, -0.05) is 44.2 Å². The summed E-state index contributed by atoms with van der Waals surface area (Å²) in [6.45, 7) is 2.95. The molecule has 1 saturated carbocycles. The molecule has 1 atom stereocenters. The summed E-state index contributed by atoms with van der Waals surface area (Å²) >= 11 is 6.36. The summed E-state index contributed by atoms with van der Waals surface area (Å²) in [5, 5.41) is 12.7. The summed E-state index contributed by atoms with van der Waals surface area (Å²) in [4.78, 5) is 43.8. The zero-order chi connectivity index (χ0) is 27.1. The lowest BCUT2D eigenvalue weighted by molar-refractivity contribution is -0.136. The van der Waals surface area contributed by atoms with Crippen molar-refractivity contribution >= 4 is 40.3 Å². The molecule has 9 nitrogen and oxygen atoms in total. The lowest BCUT2D eigenvalue weighted by Crippen LogP contribution is -2.46. The van der Waals surface area contributed by atoms with E-state index in [-0.39, 0.29) is 52.9 Å². The van der Waals surface area contributed by atoms with E-state index in [0.29, 0.717) is 36.8 Å². The molecule has 2 N–H and O–H groups in total. The second-order valence-electron chi connectivity index (χ2n) is 10.4. The van der Waals surface area contributed by atoms with Crippen LogP contribution in [0.5, 0.6) is 5.75 Å². The SMILES string of the molecule is CCCC(C1CCCCC1)N(CCO)C(=O)CCCCCOc1cc(Cl)c2c(=O)n3c(nc2c1)NC(=O)C3. The minimum atomic E-state index is -0.357. The van der Waals surface area contributed by atoms with Crippen molar-refractivity contribution in [1.82, 2.24) is 14.5 Å². The maximum Gasteiger partial charge on any atom is 0.264 e. The van der Waals surface area contributed by atoms with E-state index < -0.39 is 0 Å². The normalized spacial score (nSPS) is 16.3. The number of unbranched alkanes of at least 4 members (excludes halogenated alkanes) is 2. The zero-order valence-electron chi connectivity index (χ0n) is 22.2. The van der Waals surface area contributed by atoms with Gasteiger partial charge in [0, 0.05) is 25.1 Å². The predicted octanol–water partition coefficient (Wildman–Crippen LogP) is 4.51. The summed E-state index contributed by atoms with van der Waals surface area (Å²) in [5.74, 6) is 1.12. The van der Waals surface area contributed by atoms with Gasteiger partial charge in [-0.15, -0.1) is 0 Å². The van der Waals surface area contributed by atoms with E-state index in [1.165, 1.54) is 36.7 Å². The first kappa shape index (κ1) is 28.4. The van der Waals surface area contributed by atoms with E-state index in [1.807, 2.05) is 4.90 Å². The van der Waals surface area contributed by atoms with Crippen LogP contribution in [0.2, 0.25) is 5.02 Å². The van der Waals surface area contributed by atoms with Gasteiger partial charge in [0.1, 0.15) is 12.3 Å². The highest BCUT2D eigenvalue weighted by molar-refractivity contribution is 6.35. The van der Waals surface area contributed by atoms with Gasteiger partial charge in [-0.25, -0.2) is 4.98 Å². The molecule has 1 aromatic heterocycles. The number of carbonyl (C=O) groups excluding carboxylic acids is 2. The Morgan fingerprint density at radius 3 is 2.76 bits per heavy atom. The number of hydrogen-bond acceptors (Lipinski definition) is 6. The van der Waals surface area contributed by atoms with Crippen LogP contribution in [0.4, 0.5) is 5.95 Å². The molecule has 1 aliphatic heterocycles. The van der Waals surface area contributed by atoms with Gasteiger partial charge in [0.2, 0.25) is 17.8 Å². The van der Waals surface area contributed by atoms with Crippen molar-refractivity contribution in [1.29, 1.82) is 0 Å². The third-order valence-electron chi connectivity index (χ3n) is 7.68. The fraction of sp³-hybridized carbons (Fsp3) is 0.643. The summed E-state index contributed by atoms with van der Waals surface area (Å²) in [7, 11) is 0. The van der Waals surface area contributed by atoms with Crippen LogP contribution in [-0.2, 0) is 16.1 Å². The van der Waals surface area contributed by atoms with E-state index in [9.17, 15) is 19.5 Å². The van der Waals surface area contributed by atoms with Crippen LogP contribution < -0.4 is 15.6 Å². The van der Waals surface area contributed by atoms with Gasteiger partial charge >= 0.3 is 0 Å². The Morgan fingerprint density at radius 1 is 1.24 bits per heavy atom. The van der Waals surface area contributed by atoms with Crippen LogP contribution in [-0.4, -0.2) is 57.2 Å². The van der Waals surface area contributed by atoms with Crippen molar-refractivity contribution in [2.45, 2.75) is 90.1 Å². The molecule has 10 heteroatoms. The van der Waals surface area contributed by atoms with Crippen LogP contribution in [0.1, 0.15) is 77.6 Å². The van der Waals surface area contributed by atoms with E-state index in [4.69, 9.17) is 16.3 Å². The lowest BCUT2D eigenvalue weighted by atomic mass is 9.81. The first-order valence-electron chi connectivity index (χ1n) is 14.0. The summed E-state index contributed by atoms with van der Waals surface area (Å²) in [6.07, 6.45) is 11.0. The van der Waals surface area contributed by atoms with Gasteiger partial charge in [0.05, 0.1) is 29.1 Å². The molecule has 208 valence electrons. The molecule has 4 rings (SSSR count). The van der Waals surface area contributed by atoms with Gasteiger partial charge in [-0.2, -0.15) is 0 Å². The van der Waals surface area contributed by atoms with Crippen LogP contribution in [0.15, 0.2) is 16.9 Å². The van der Waals surface area contributed by atoms with Gasteiger partial charge in [-0.3, -0.25) is 24.3 Å². The van der Waals surface area contributed by atoms with Gasteiger partial charge in [0.15, 0.2) is 0 Å². The second kappa shape index (κ2) is 13.4. The highest BCUT2D eigenvalue weighted by Crippen LogP contribution is 2.32. The predicted molar refractivity (Wildman–Crippen MR) is 148 cm³/mol. The van der Waals surface area contributed by atoms with Gasteiger partial charge in [0.25, 0.3) is 5.56 Å². The fourth-order valence-electron chi connectivity index (χ4n) is 5.84. The number of benzene rings is 1. The number of nitrogens with zero attached hydrogens (tertiary/aromatic N) is 3. The number of carbonyl (C=O) groups is 2. The summed E-state index contributed by atoms with van der Waals surface area (Å²) in [5.41, 5.74) is 0.0181. The Balaban J connectivity index is 1.27. The van der Waals surface area contributed by atoms with Crippen molar-refractivity contribution in [3.8, 4) is 5.75 Å². The van der Waals surface area contributed by atoms with Gasteiger partial charge < -0.3 is 14.7 Å². The maximum absolute atomic E-state index is 13.1. The smallest absolute Gasteiger partial charge is 0.264 e. The molecular weight excluding hydrogens is 508 g/mol. The van der Waals surface area contributed by atoms with Crippen LogP contribution >= 0.6 is 11.6 Å². The Morgan fingerprint density at radius 2 is 2.03 bits per heavy atom. The molecule has 0 bridgehead atoms. The van der Waals surface area contributed by atoms with Crippen molar-refractivity contribution in [2.24, 2.45) is 5.92 Å². The number of aromatic nitrogens is 2. The molecule has 0 spiro atoms. The van der Waals surface area contributed by atoms with Crippen molar-refractivity contribution in [3.05, 3.63) is 27.5 Å². The first-order valence-corrected chi connectivity index (χ1v) is 14.4. The molecule has 0 radical (unpaired) electrons. The monoisotopic (exact) mass is 546 g/mol. The average Bonchev–Trinajstić information content (AvgIpc) is 3.28. The number of hydrogen-bond donors (Lipinski definition) is 2. The highest BCUT2D eigenvalue weighted by Gasteiger charge is 2.30. The Bertz CT molecular complexity index is 1190. The molecule has 38 heavy (non-hydrogen) atoms. The maximum atomic E-state index is 13.1. The fourth-order valence-corrected chi connectivity index (χ4v) is 6.12. The molecule has 1 aromatic carbocycles. The molecule has 2 heterocycles. The van der Waals surface area contributed by atoms with E-state index in [2.05, 4.69) is 17.2 Å². The molecule has 1 aliphatic carbocycles. The summed E-state index contributed by atoms with van der Waals surface area (Å²) < 4.78 is 7.15. The van der Waals surface area contributed by atoms with E-state index >= 15 is 0 Å². The topological polar surface area (TPSA) is 114 Å². The molecule has 2 aliphatic rings. The quantitative estimate of drug-likeness (QED) is 0.357. The molecule has 2 amide bonds. The number of amides is 2. The van der Waals surface area contributed by atoms with Crippen molar-refractivity contribution in [2.75, 3.05) is 25.1 Å². The number of rotatable bonds is 13. The number of anilines is 1. The lowest BCUT2D eigenvalue weighted by Gasteiger charge is -2.39.